The number of rotatable bonds is 5. The summed E-state index contributed by atoms with van der Waals surface area (Å²) in [5, 5.41) is 9.78. The number of phenols is 1. The van der Waals surface area contributed by atoms with Crippen molar-refractivity contribution in [2.75, 3.05) is 0 Å². The molecule has 0 unspecified atom stereocenters. The van der Waals surface area contributed by atoms with Crippen LogP contribution >= 0.6 is 0 Å². The maximum absolute atomic E-state index is 12.0. The van der Waals surface area contributed by atoms with Gasteiger partial charge >= 0.3 is 0 Å². The van der Waals surface area contributed by atoms with Gasteiger partial charge in [0, 0.05) is 18.5 Å². The van der Waals surface area contributed by atoms with Gasteiger partial charge in [-0.3, -0.25) is 4.79 Å². The van der Waals surface area contributed by atoms with E-state index in [1.165, 1.54) is 0 Å². The van der Waals surface area contributed by atoms with Crippen molar-refractivity contribution in [1.82, 2.24) is 4.90 Å². The molecule has 0 aliphatic rings. The minimum Gasteiger partial charge on any atom is -0.508 e. The number of nitrogens with zero attached hydrogens (tertiary/aromatic N) is 1. The van der Waals surface area contributed by atoms with Crippen LogP contribution in [0.1, 0.15) is 24.7 Å². The second kappa shape index (κ2) is 6.09. The SMILES string of the molecule is CCC(=O)N(Cc1ccco1)Cc1ccccc1O. The van der Waals surface area contributed by atoms with Crippen molar-refractivity contribution in [3.63, 3.8) is 0 Å². The summed E-state index contributed by atoms with van der Waals surface area (Å²) in [6, 6.07) is 10.7. The van der Waals surface area contributed by atoms with Gasteiger partial charge in [0.15, 0.2) is 0 Å². The van der Waals surface area contributed by atoms with Crippen LogP contribution in [0.5, 0.6) is 5.75 Å². The van der Waals surface area contributed by atoms with E-state index in [1.54, 1.807) is 29.4 Å². The zero-order valence-corrected chi connectivity index (χ0v) is 10.9. The Bertz CT molecular complexity index is 534. The monoisotopic (exact) mass is 259 g/mol. The number of carbonyl (C=O) groups excluding carboxylic acids is 1. The Kier molecular flexibility index (Phi) is 4.23. The van der Waals surface area contributed by atoms with E-state index in [0.29, 0.717) is 19.5 Å². The number of benzene rings is 1. The van der Waals surface area contributed by atoms with E-state index < -0.39 is 0 Å². The zero-order valence-electron chi connectivity index (χ0n) is 10.9. The molecule has 1 heterocycles. The number of para-hydroxylation sites is 1. The highest BCUT2D eigenvalue weighted by atomic mass is 16.3. The first-order valence-corrected chi connectivity index (χ1v) is 6.27. The van der Waals surface area contributed by atoms with E-state index in [2.05, 4.69) is 0 Å². The van der Waals surface area contributed by atoms with Crippen LogP contribution in [0.2, 0.25) is 0 Å². The molecule has 0 atom stereocenters. The molecule has 4 nitrogen and oxygen atoms in total. The molecule has 2 rings (SSSR count). The predicted molar refractivity (Wildman–Crippen MR) is 71.4 cm³/mol. The third kappa shape index (κ3) is 3.37. The average molecular weight is 259 g/mol. The zero-order chi connectivity index (χ0) is 13.7. The Labute approximate surface area is 112 Å². The predicted octanol–water partition coefficient (Wildman–Crippen LogP) is 2.92. The normalized spacial score (nSPS) is 10.4. The molecule has 100 valence electrons. The Morgan fingerprint density at radius 2 is 2.00 bits per heavy atom. The molecule has 19 heavy (non-hydrogen) atoms. The highest BCUT2D eigenvalue weighted by molar-refractivity contribution is 5.75. The van der Waals surface area contributed by atoms with Gasteiger partial charge in [-0.25, -0.2) is 0 Å². The molecule has 0 spiro atoms. The molecular weight excluding hydrogens is 242 g/mol. The summed E-state index contributed by atoms with van der Waals surface area (Å²) >= 11 is 0. The summed E-state index contributed by atoms with van der Waals surface area (Å²) in [5.74, 6) is 0.965. The van der Waals surface area contributed by atoms with Crippen LogP contribution in [0.4, 0.5) is 0 Å². The van der Waals surface area contributed by atoms with Gasteiger partial charge < -0.3 is 14.4 Å². The molecule has 0 saturated carbocycles. The van der Waals surface area contributed by atoms with Gasteiger partial charge in [0.25, 0.3) is 0 Å². The van der Waals surface area contributed by atoms with Crippen LogP contribution in [0.15, 0.2) is 47.1 Å². The van der Waals surface area contributed by atoms with E-state index >= 15 is 0 Å². The van der Waals surface area contributed by atoms with E-state index in [9.17, 15) is 9.90 Å². The number of carbonyl (C=O) groups is 1. The maximum atomic E-state index is 12.0. The summed E-state index contributed by atoms with van der Waals surface area (Å²) in [5.41, 5.74) is 0.732. The fourth-order valence-corrected chi connectivity index (χ4v) is 1.90. The minimum atomic E-state index is 0.0275. The largest absolute Gasteiger partial charge is 0.508 e. The molecule has 0 fully saturated rings. The molecule has 4 heteroatoms. The van der Waals surface area contributed by atoms with E-state index in [1.807, 2.05) is 25.1 Å². The molecule has 1 N–H and O–H groups in total. The van der Waals surface area contributed by atoms with Crippen molar-refractivity contribution < 1.29 is 14.3 Å². The summed E-state index contributed by atoms with van der Waals surface area (Å²) < 4.78 is 5.27. The summed E-state index contributed by atoms with van der Waals surface area (Å²) in [7, 11) is 0. The Morgan fingerprint density at radius 3 is 2.63 bits per heavy atom. The first-order valence-electron chi connectivity index (χ1n) is 6.27. The second-order valence-electron chi connectivity index (χ2n) is 4.31. The van der Waals surface area contributed by atoms with Gasteiger partial charge in [0.05, 0.1) is 12.8 Å². The molecule has 0 aliphatic carbocycles. The molecule has 0 radical (unpaired) electrons. The average Bonchev–Trinajstić information content (AvgIpc) is 2.92. The lowest BCUT2D eigenvalue weighted by atomic mass is 10.2. The smallest absolute Gasteiger partial charge is 0.222 e. The van der Waals surface area contributed by atoms with Crippen LogP contribution in [0, 0.1) is 0 Å². The van der Waals surface area contributed by atoms with Gasteiger partial charge in [0.1, 0.15) is 11.5 Å². The molecule has 0 aliphatic heterocycles. The highest BCUT2D eigenvalue weighted by Gasteiger charge is 2.15. The van der Waals surface area contributed by atoms with Crippen molar-refractivity contribution in [3.8, 4) is 5.75 Å². The van der Waals surface area contributed by atoms with Crippen LogP contribution in [-0.2, 0) is 17.9 Å². The molecule has 1 amide bonds. The van der Waals surface area contributed by atoms with Crippen molar-refractivity contribution in [1.29, 1.82) is 0 Å². The second-order valence-corrected chi connectivity index (χ2v) is 4.31. The standard InChI is InChI=1S/C15H17NO3/c1-2-15(18)16(11-13-7-5-9-19-13)10-12-6-3-4-8-14(12)17/h3-9,17H,2,10-11H2,1H3. The number of hydrogen-bond acceptors (Lipinski definition) is 3. The van der Waals surface area contributed by atoms with Crippen LogP contribution in [0.25, 0.3) is 0 Å². The Balaban J connectivity index is 2.14. The van der Waals surface area contributed by atoms with Crippen molar-refractivity contribution in [3.05, 3.63) is 54.0 Å². The lowest BCUT2D eigenvalue weighted by Crippen LogP contribution is -2.29. The number of hydrogen-bond donors (Lipinski definition) is 1. The van der Waals surface area contributed by atoms with E-state index in [0.717, 1.165) is 11.3 Å². The summed E-state index contributed by atoms with van der Waals surface area (Å²) in [4.78, 5) is 13.6. The van der Waals surface area contributed by atoms with Gasteiger partial charge in [-0.2, -0.15) is 0 Å². The number of furan rings is 1. The Morgan fingerprint density at radius 1 is 1.21 bits per heavy atom. The van der Waals surface area contributed by atoms with Gasteiger partial charge in [0.2, 0.25) is 5.91 Å². The van der Waals surface area contributed by atoms with E-state index in [4.69, 9.17) is 4.42 Å². The number of aromatic hydroxyl groups is 1. The van der Waals surface area contributed by atoms with Gasteiger partial charge in [-0.15, -0.1) is 0 Å². The molecule has 2 aromatic rings. The fraction of sp³-hybridized carbons (Fsp3) is 0.267. The summed E-state index contributed by atoms with van der Waals surface area (Å²) in [6.45, 7) is 2.61. The van der Waals surface area contributed by atoms with Crippen LogP contribution in [0.3, 0.4) is 0 Å². The summed E-state index contributed by atoms with van der Waals surface area (Å²) in [6.07, 6.45) is 2.01. The first-order chi connectivity index (χ1) is 9.20. The third-order valence-corrected chi connectivity index (χ3v) is 2.93. The van der Waals surface area contributed by atoms with E-state index in [-0.39, 0.29) is 11.7 Å². The topological polar surface area (TPSA) is 53.7 Å². The van der Waals surface area contributed by atoms with Gasteiger partial charge in [-0.1, -0.05) is 25.1 Å². The fourth-order valence-electron chi connectivity index (χ4n) is 1.90. The third-order valence-electron chi connectivity index (χ3n) is 2.93. The van der Waals surface area contributed by atoms with Crippen molar-refractivity contribution >= 4 is 5.91 Å². The van der Waals surface area contributed by atoms with Crippen molar-refractivity contribution in [2.24, 2.45) is 0 Å². The number of phenolic OH excluding ortho intramolecular Hbond substituents is 1. The Hall–Kier alpha value is -2.23. The minimum absolute atomic E-state index is 0.0275. The lowest BCUT2D eigenvalue weighted by molar-refractivity contribution is -0.132. The molecule has 0 saturated heterocycles. The molecular formula is C15H17NO3. The molecule has 1 aromatic heterocycles. The molecule has 1 aromatic carbocycles. The van der Waals surface area contributed by atoms with Crippen LogP contribution < -0.4 is 0 Å². The quantitative estimate of drug-likeness (QED) is 0.898. The maximum Gasteiger partial charge on any atom is 0.222 e. The first kappa shape index (κ1) is 13.2. The highest BCUT2D eigenvalue weighted by Crippen LogP contribution is 2.19. The number of amides is 1. The lowest BCUT2D eigenvalue weighted by Gasteiger charge is -2.21. The van der Waals surface area contributed by atoms with Gasteiger partial charge in [-0.05, 0) is 18.2 Å². The van der Waals surface area contributed by atoms with Crippen LogP contribution in [-0.4, -0.2) is 15.9 Å². The van der Waals surface area contributed by atoms with Crippen molar-refractivity contribution in [2.45, 2.75) is 26.4 Å². The molecule has 0 bridgehead atoms.